The van der Waals surface area contributed by atoms with E-state index in [1.165, 1.54) is 11.8 Å². The van der Waals surface area contributed by atoms with E-state index in [0.717, 1.165) is 32.2 Å². The van der Waals surface area contributed by atoms with Gasteiger partial charge < -0.3 is 15.3 Å². The Bertz CT molecular complexity index is 626. The lowest BCUT2D eigenvalue weighted by Crippen LogP contribution is -2.39. The molecule has 1 rings (SSSR count). The number of hydrogen-bond donors (Lipinski definition) is 2. The van der Waals surface area contributed by atoms with Gasteiger partial charge in [-0.3, -0.25) is 19.3 Å². The molecule has 32 heavy (non-hydrogen) atoms. The van der Waals surface area contributed by atoms with Crippen LogP contribution >= 0.6 is 11.8 Å². The number of carbonyl (C=O) groups excluding carboxylic acids is 2. The number of carboxylic acids is 1. The van der Waals surface area contributed by atoms with Crippen LogP contribution in [0.15, 0.2) is 0 Å². The molecule has 0 saturated carbocycles. The van der Waals surface area contributed by atoms with E-state index in [2.05, 4.69) is 39.9 Å². The molecule has 8 heteroatoms. The van der Waals surface area contributed by atoms with Crippen LogP contribution in [0.2, 0.25) is 0 Å². The fraction of sp³-hybridized carbons (Fsp3) is 0.875. The van der Waals surface area contributed by atoms with Crippen molar-refractivity contribution in [1.29, 1.82) is 0 Å². The molecule has 2 amide bonds. The Morgan fingerprint density at radius 2 is 1.84 bits per heavy atom. The van der Waals surface area contributed by atoms with E-state index in [0.29, 0.717) is 44.0 Å². The van der Waals surface area contributed by atoms with Gasteiger partial charge in [-0.2, -0.15) is 11.8 Å². The summed E-state index contributed by atoms with van der Waals surface area (Å²) in [5.74, 6) is 0.413. The number of rotatable bonds is 17. The summed E-state index contributed by atoms with van der Waals surface area (Å²) in [7, 11) is 0. The average Bonchev–Trinajstić information content (AvgIpc) is 3.45. The first kappa shape index (κ1) is 28.8. The van der Waals surface area contributed by atoms with Gasteiger partial charge >= 0.3 is 5.97 Å². The van der Waals surface area contributed by atoms with E-state index in [9.17, 15) is 19.5 Å². The fourth-order valence-corrected chi connectivity index (χ4v) is 4.87. The van der Waals surface area contributed by atoms with Crippen LogP contribution in [0.4, 0.5) is 0 Å². The van der Waals surface area contributed by atoms with Crippen molar-refractivity contribution in [3.05, 3.63) is 0 Å². The van der Waals surface area contributed by atoms with Crippen LogP contribution in [-0.2, 0) is 14.4 Å². The molecule has 1 fully saturated rings. The van der Waals surface area contributed by atoms with Gasteiger partial charge in [0.15, 0.2) is 0 Å². The highest BCUT2D eigenvalue weighted by Gasteiger charge is 2.51. The maximum Gasteiger partial charge on any atom is 0.321 e. The Labute approximate surface area is 199 Å². The van der Waals surface area contributed by atoms with Gasteiger partial charge in [-0.25, -0.2) is 0 Å². The van der Waals surface area contributed by atoms with Crippen molar-refractivity contribution < 1.29 is 19.5 Å². The minimum atomic E-state index is -0.787. The molecule has 0 bridgehead atoms. The number of carboxylic acid groups (broad SMARTS) is 1. The molecule has 7 nitrogen and oxygen atoms in total. The van der Waals surface area contributed by atoms with Crippen molar-refractivity contribution in [2.75, 3.05) is 37.7 Å². The van der Waals surface area contributed by atoms with E-state index in [4.69, 9.17) is 0 Å². The summed E-state index contributed by atoms with van der Waals surface area (Å²) in [5, 5.41) is 12.5. The third-order valence-electron chi connectivity index (χ3n) is 7.36. The van der Waals surface area contributed by atoms with Gasteiger partial charge in [-0.05, 0) is 32.1 Å². The predicted molar refractivity (Wildman–Crippen MR) is 132 cm³/mol. The Balaban J connectivity index is 2.29. The Hall–Kier alpha value is -1.28. The SMILES string of the molecule is CCN(CCNC(=O)CCC(C)(CC)CC)C(=O)CCSCC(C(=O)O)N1CC1(C)CC. The summed E-state index contributed by atoms with van der Waals surface area (Å²) >= 11 is 1.53. The van der Waals surface area contributed by atoms with Crippen LogP contribution in [0.5, 0.6) is 0 Å². The number of carbonyl (C=O) groups is 3. The van der Waals surface area contributed by atoms with Gasteiger partial charge in [-0.15, -0.1) is 0 Å². The number of nitrogens with zero attached hydrogens (tertiary/aromatic N) is 2. The Morgan fingerprint density at radius 1 is 1.19 bits per heavy atom. The van der Waals surface area contributed by atoms with E-state index in [-0.39, 0.29) is 22.8 Å². The number of thioether (sulfide) groups is 1. The highest BCUT2D eigenvalue weighted by Crippen LogP contribution is 2.38. The second kappa shape index (κ2) is 13.4. The first-order chi connectivity index (χ1) is 15.1. The Kier molecular flexibility index (Phi) is 12.1. The van der Waals surface area contributed by atoms with Crippen LogP contribution in [0.3, 0.4) is 0 Å². The maximum absolute atomic E-state index is 12.5. The van der Waals surface area contributed by atoms with Crippen molar-refractivity contribution in [2.45, 2.75) is 91.6 Å². The highest BCUT2D eigenvalue weighted by molar-refractivity contribution is 7.99. The van der Waals surface area contributed by atoms with Crippen molar-refractivity contribution in [1.82, 2.24) is 15.1 Å². The molecular formula is C24H45N3O4S. The molecule has 1 saturated heterocycles. The lowest BCUT2D eigenvalue weighted by molar-refractivity contribution is -0.140. The minimum Gasteiger partial charge on any atom is -0.480 e. The van der Waals surface area contributed by atoms with Gasteiger partial charge in [-0.1, -0.05) is 40.5 Å². The molecule has 2 N–H and O–H groups in total. The van der Waals surface area contributed by atoms with Crippen LogP contribution in [0.1, 0.15) is 80.1 Å². The monoisotopic (exact) mass is 471 g/mol. The number of nitrogens with one attached hydrogen (secondary N) is 1. The predicted octanol–water partition coefficient (Wildman–Crippen LogP) is 3.62. The zero-order valence-corrected chi connectivity index (χ0v) is 21.9. The molecule has 1 heterocycles. The first-order valence-corrected chi connectivity index (χ1v) is 13.3. The Morgan fingerprint density at radius 3 is 2.34 bits per heavy atom. The van der Waals surface area contributed by atoms with E-state index >= 15 is 0 Å². The molecular weight excluding hydrogens is 426 g/mol. The molecule has 0 radical (unpaired) electrons. The number of amides is 2. The molecule has 0 aromatic rings. The third kappa shape index (κ3) is 8.93. The van der Waals surface area contributed by atoms with Crippen molar-refractivity contribution in [3.63, 3.8) is 0 Å². The summed E-state index contributed by atoms with van der Waals surface area (Å²) in [6.07, 6.45) is 4.86. The van der Waals surface area contributed by atoms with Gasteiger partial charge in [0.05, 0.1) is 0 Å². The summed E-state index contributed by atoms with van der Waals surface area (Å²) in [4.78, 5) is 40.1. The van der Waals surface area contributed by atoms with Crippen LogP contribution in [0.25, 0.3) is 0 Å². The minimum absolute atomic E-state index is 0.00851. The first-order valence-electron chi connectivity index (χ1n) is 12.2. The smallest absolute Gasteiger partial charge is 0.321 e. The number of likely N-dealkylation sites (N-methyl/N-ethyl adjacent to an activating group) is 1. The van der Waals surface area contributed by atoms with Gasteiger partial charge in [0, 0.05) is 56.1 Å². The lowest BCUT2D eigenvalue weighted by Gasteiger charge is -2.26. The van der Waals surface area contributed by atoms with E-state index in [1.807, 2.05) is 11.8 Å². The largest absolute Gasteiger partial charge is 0.480 e. The van der Waals surface area contributed by atoms with Crippen molar-refractivity contribution in [3.8, 4) is 0 Å². The lowest BCUT2D eigenvalue weighted by atomic mass is 9.80. The molecule has 3 unspecified atom stereocenters. The second-order valence-electron chi connectivity index (χ2n) is 9.50. The number of hydrogen-bond acceptors (Lipinski definition) is 5. The van der Waals surface area contributed by atoms with Crippen LogP contribution < -0.4 is 5.32 Å². The zero-order chi connectivity index (χ0) is 24.4. The van der Waals surface area contributed by atoms with Gasteiger partial charge in [0.1, 0.15) is 6.04 Å². The summed E-state index contributed by atoms with van der Waals surface area (Å²) in [6.45, 7) is 15.1. The molecule has 0 aromatic carbocycles. The number of aliphatic carboxylic acids is 1. The topological polar surface area (TPSA) is 89.7 Å². The molecule has 0 aliphatic carbocycles. The standard InChI is InChI=1S/C24H45N3O4S/c1-7-23(5,8-2)13-11-20(28)25-14-15-26(10-4)21(29)12-16-32-17-19(22(30)31)27-18-24(27,6)9-3/h19H,7-18H2,1-6H3,(H,25,28)(H,30,31). The molecule has 0 spiro atoms. The molecule has 3 atom stereocenters. The van der Waals surface area contributed by atoms with Crippen molar-refractivity contribution >= 4 is 29.5 Å². The molecule has 1 aliphatic rings. The molecule has 186 valence electrons. The molecule has 0 aromatic heterocycles. The summed E-state index contributed by atoms with van der Waals surface area (Å²) < 4.78 is 0. The molecule has 1 aliphatic heterocycles. The fourth-order valence-electron chi connectivity index (χ4n) is 3.84. The quantitative estimate of drug-likeness (QED) is 0.249. The highest BCUT2D eigenvalue weighted by atomic mass is 32.2. The van der Waals surface area contributed by atoms with Crippen LogP contribution in [-0.4, -0.2) is 82.0 Å². The summed E-state index contributed by atoms with van der Waals surface area (Å²) in [6, 6.07) is -0.486. The summed E-state index contributed by atoms with van der Waals surface area (Å²) in [5.41, 5.74) is 0.223. The van der Waals surface area contributed by atoms with Gasteiger partial charge in [0.2, 0.25) is 11.8 Å². The second-order valence-corrected chi connectivity index (χ2v) is 10.6. The normalized spacial score (nSPS) is 21.1. The van der Waals surface area contributed by atoms with E-state index in [1.54, 1.807) is 4.90 Å². The van der Waals surface area contributed by atoms with Crippen molar-refractivity contribution in [2.24, 2.45) is 5.41 Å². The zero-order valence-electron chi connectivity index (χ0n) is 21.0. The van der Waals surface area contributed by atoms with E-state index < -0.39 is 12.0 Å². The van der Waals surface area contributed by atoms with Gasteiger partial charge in [0.25, 0.3) is 0 Å². The maximum atomic E-state index is 12.5. The average molecular weight is 472 g/mol. The van der Waals surface area contributed by atoms with Crippen LogP contribution in [0, 0.1) is 5.41 Å². The third-order valence-corrected chi connectivity index (χ3v) is 8.41.